The number of aliphatic hydroxyl groups excluding tert-OH is 1. The summed E-state index contributed by atoms with van der Waals surface area (Å²) < 4.78 is 68.9. The van der Waals surface area contributed by atoms with Gasteiger partial charge in [0.1, 0.15) is 19.3 Å². The quantitative estimate of drug-likeness (QED) is 0.0222. The molecule has 0 amide bonds. The standard InChI is InChI=1S/C88H172O17P2/c1-8-10-11-12-13-14-15-16-17-18-19-20-21-25-28-31-36-41-48-55-62-69-85(90)98-75-83(104-87(92)71-64-57-49-42-37-32-29-26-23-22-24-27-30-35-40-47-54-61-68-81(7)9-2)77-102-106(94,95)100-73-82(89)74-101-107(96,97)103-78-84(76-99-86(91)70-63-56-51-44-46-53-60-67-80(5)6)105-88(93)72-65-58-50-43-38-33-34-39-45-52-59-66-79(3)4/h79-84,89H,8-78H2,1-7H3,(H,94,95)(H,96,97)/t81?,82-,83-,84-/m1/s1. The number of carbonyl (C=O) groups excluding carboxylic acids is 4. The number of phosphoric acid groups is 2. The number of phosphoric ester groups is 2. The monoisotopic (exact) mass is 1560 g/mol. The van der Waals surface area contributed by atoms with E-state index in [1.54, 1.807) is 0 Å². The van der Waals surface area contributed by atoms with Crippen LogP contribution in [-0.2, 0) is 65.4 Å². The van der Waals surface area contributed by atoms with Gasteiger partial charge in [-0.3, -0.25) is 37.3 Å². The van der Waals surface area contributed by atoms with E-state index in [-0.39, 0.29) is 25.7 Å². The van der Waals surface area contributed by atoms with Crippen LogP contribution >= 0.6 is 15.6 Å². The van der Waals surface area contributed by atoms with E-state index in [0.717, 1.165) is 108 Å². The second-order valence-electron chi connectivity index (χ2n) is 32.8. The average Bonchev–Trinajstić information content (AvgIpc) is 0.900. The van der Waals surface area contributed by atoms with Crippen LogP contribution in [0.15, 0.2) is 0 Å². The van der Waals surface area contributed by atoms with Crippen molar-refractivity contribution in [3.63, 3.8) is 0 Å². The van der Waals surface area contributed by atoms with Crippen LogP contribution in [0, 0.1) is 17.8 Å². The molecule has 6 atom stereocenters. The van der Waals surface area contributed by atoms with E-state index in [9.17, 15) is 43.2 Å². The van der Waals surface area contributed by atoms with Crippen LogP contribution in [0.25, 0.3) is 0 Å². The fourth-order valence-electron chi connectivity index (χ4n) is 13.7. The van der Waals surface area contributed by atoms with Gasteiger partial charge < -0.3 is 33.8 Å². The maximum atomic E-state index is 13.2. The van der Waals surface area contributed by atoms with Crippen LogP contribution in [0.2, 0.25) is 0 Å². The van der Waals surface area contributed by atoms with Gasteiger partial charge in [0.15, 0.2) is 12.2 Å². The van der Waals surface area contributed by atoms with E-state index < -0.39 is 97.5 Å². The molecule has 3 unspecified atom stereocenters. The lowest BCUT2D eigenvalue weighted by atomic mass is 9.99. The van der Waals surface area contributed by atoms with Crippen molar-refractivity contribution in [3.05, 3.63) is 0 Å². The van der Waals surface area contributed by atoms with Crippen LogP contribution in [0.3, 0.4) is 0 Å². The second-order valence-corrected chi connectivity index (χ2v) is 35.7. The molecule has 3 N–H and O–H groups in total. The molecule has 0 saturated heterocycles. The predicted octanol–water partition coefficient (Wildman–Crippen LogP) is 26.9. The minimum absolute atomic E-state index is 0.106. The Morgan fingerprint density at radius 3 is 0.710 bits per heavy atom. The summed E-state index contributed by atoms with van der Waals surface area (Å²) in [6, 6.07) is 0. The molecule has 636 valence electrons. The number of hydrogen-bond donors (Lipinski definition) is 3. The van der Waals surface area contributed by atoms with Crippen LogP contribution in [0.1, 0.15) is 466 Å². The molecule has 0 rings (SSSR count). The molecule has 0 bridgehead atoms. The predicted molar refractivity (Wildman–Crippen MR) is 441 cm³/mol. The summed E-state index contributed by atoms with van der Waals surface area (Å²) in [6.45, 7) is 12.0. The Morgan fingerprint density at radius 2 is 0.477 bits per heavy atom. The first-order chi connectivity index (χ1) is 51.8. The van der Waals surface area contributed by atoms with Crippen LogP contribution in [-0.4, -0.2) is 96.7 Å². The van der Waals surface area contributed by atoms with Gasteiger partial charge in [0.05, 0.1) is 26.4 Å². The Morgan fingerprint density at radius 1 is 0.271 bits per heavy atom. The van der Waals surface area contributed by atoms with Crippen molar-refractivity contribution < 1.29 is 80.2 Å². The number of ether oxygens (including phenoxy) is 4. The molecule has 19 heteroatoms. The minimum Gasteiger partial charge on any atom is -0.462 e. The maximum Gasteiger partial charge on any atom is 0.472 e. The first-order valence-electron chi connectivity index (χ1n) is 45.4. The van der Waals surface area contributed by atoms with E-state index in [2.05, 4.69) is 48.5 Å². The molecule has 0 aliphatic rings. The van der Waals surface area contributed by atoms with Gasteiger partial charge in [-0.05, 0) is 43.4 Å². The highest BCUT2D eigenvalue weighted by atomic mass is 31.2. The summed E-state index contributed by atoms with van der Waals surface area (Å²) in [5.74, 6) is 0.236. The highest BCUT2D eigenvalue weighted by molar-refractivity contribution is 7.47. The molecule has 0 heterocycles. The summed E-state index contributed by atoms with van der Waals surface area (Å²) in [7, 11) is -9.93. The van der Waals surface area contributed by atoms with Crippen molar-refractivity contribution in [1.82, 2.24) is 0 Å². The summed E-state index contributed by atoms with van der Waals surface area (Å²) in [4.78, 5) is 73.2. The van der Waals surface area contributed by atoms with Crippen LogP contribution in [0.4, 0.5) is 0 Å². The zero-order valence-corrected chi connectivity index (χ0v) is 72.4. The summed E-state index contributed by atoms with van der Waals surface area (Å²) in [6.07, 6.45) is 69.7. The highest BCUT2D eigenvalue weighted by Gasteiger charge is 2.31. The van der Waals surface area contributed by atoms with Crippen molar-refractivity contribution in [1.29, 1.82) is 0 Å². The molecule has 0 spiro atoms. The molecule has 0 aromatic heterocycles. The molecular formula is C88H172O17P2. The summed E-state index contributed by atoms with van der Waals surface area (Å²) in [5, 5.41) is 10.7. The van der Waals surface area contributed by atoms with Gasteiger partial charge in [0, 0.05) is 25.7 Å². The molecule has 107 heavy (non-hydrogen) atoms. The first kappa shape index (κ1) is 105. The number of esters is 4. The van der Waals surface area contributed by atoms with Gasteiger partial charge in [-0.2, -0.15) is 0 Å². The fourth-order valence-corrected chi connectivity index (χ4v) is 15.3. The highest BCUT2D eigenvalue weighted by Crippen LogP contribution is 2.45. The fraction of sp³-hybridized carbons (Fsp3) is 0.955. The molecule has 0 aromatic carbocycles. The van der Waals surface area contributed by atoms with E-state index in [1.165, 1.54) is 270 Å². The largest absolute Gasteiger partial charge is 0.472 e. The first-order valence-corrected chi connectivity index (χ1v) is 48.4. The zero-order chi connectivity index (χ0) is 78.6. The third-order valence-electron chi connectivity index (χ3n) is 21.0. The van der Waals surface area contributed by atoms with Crippen molar-refractivity contribution >= 4 is 39.5 Å². The molecule has 0 aromatic rings. The lowest BCUT2D eigenvalue weighted by molar-refractivity contribution is -0.161. The number of aliphatic hydroxyl groups is 1. The van der Waals surface area contributed by atoms with E-state index in [0.29, 0.717) is 31.6 Å². The van der Waals surface area contributed by atoms with Gasteiger partial charge in [-0.25, -0.2) is 9.13 Å². The Kier molecular flexibility index (Phi) is 76.6. The Balaban J connectivity index is 5.21. The second kappa shape index (κ2) is 78.0. The van der Waals surface area contributed by atoms with Gasteiger partial charge >= 0.3 is 39.5 Å². The molecule has 0 saturated carbocycles. The molecular weight excluding hydrogens is 1390 g/mol. The van der Waals surface area contributed by atoms with Gasteiger partial charge in [0.2, 0.25) is 0 Å². The SMILES string of the molecule is CCCCCCCCCCCCCCCCCCCCCCCC(=O)OC[C@H](COP(=O)(O)OC[C@@H](O)COP(=O)(O)OC[C@@H](COC(=O)CCCCCCCCCC(C)C)OC(=O)CCCCCCCCCCCCCC(C)C)OC(=O)CCCCCCCCCCCCCCCCCCCCC(C)CC. The average molecular weight is 1560 g/mol. The van der Waals surface area contributed by atoms with E-state index in [4.69, 9.17) is 37.0 Å². The van der Waals surface area contributed by atoms with Crippen molar-refractivity contribution in [2.24, 2.45) is 17.8 Å². The third kappa shape index (κ3) is 80.5. The molecule has 17 nitrogen and oxygen atoms in total. The molecule has 0 radical (unpaired) electrons. The normalized spacial score (nSPS) is 14.1. The van der Waals surface area contributed by atoms with Crippen molar-refractivity contribution in [2.45, 2.75) is 484 Å². The minimum atomic E-state index is -4.97. The molecule has 0 aliphatic carbocycles. The lowest BCUT2D eigenvalue weighted by Gasteiger charge is -2.21. The van der Waals surface area contributed by atoms with Crippen LogP contribution < -0.4 is 0 Å². The number of carbonyl (C=O) groups is 4. The van der Waals surface area contributed by atoms with Gasteiger partial charge in [-0.15, -0.1) is 0 Å². The zero-order valence-electron chi connectivity index (χ0n) is 70.6. The maximum absolute atomic E-state index is 13.2. The smallest absolute Gasteiger partial charge is 0.462 e. The van der Waals surface area contributed by atoms with Crippen molar-refractivity contribution in [3.8, 4) is 0 Å². The van der Waals surface area contributed by atoms with E-state index in [1.807, 2.05) is 0 Å². The Bertz CT molecular complexity index is 2060. The topological polar surface area (TPSA) is 237 Å². The van der Waals surface area contributed by atoms with E-state index >= 15 is 0 Å². The number of rotatable bonds is 86. The number of hydrogen-bond acceptors (Lipinski definition) is 15. The molecule has 0 aliphatic heterocycles. The van der Waals surface area contributed by atoms with Crippen molar-refractivity contribution in [2.75, 3.05) is 39.6 Å². The van der Waals surface area contributed by atoms with Gasteiger partial charge in [0.25, 0.3) is 0 Å². The lowest BCUT2D eigenvalue weighted by Crippen LogP contribution is -2.30. The third-order valence-corrected chi connectivity index (χ3v) is 22.9. The molecule has 0 fully saturated rings. The summed E-state index contributed by atoms with van der Waals surface area (Å²) >= 11 is 0. The van der Waals surface area contributed by atoms with Crippen LogP contribution in [0.5, 0.6) is 0 Å². The number of unbranched alkanes of at least 4 members (excludes halogenated alkanes) is 53. The Hall–Kier alpha value is -1.94. The summed E-state index contributed by atoms with van der Waals surface area (Å²) in [5.41, 5.74) is 0. The van der Waals surface area contributed by atoms with Gasteiger partial charge in [-0.1, -0.05) is 414 Å². The Labute approximate surface area is 658 Å².